The molecule has 1 saturated heterocycles. The third kappa shape index (κ3) is 2.80. The Balaban J connectivity index is 1.96. The van der Waals surface area contributed by atoms with Crippen molar-refractivity contribution >= 4 is 0 Å². The Morgan fingerprint density at radius 1 is 1.53 bits per heavy atom. The summed E-state index contributed by atoms with van der Waals surface area (Å²) in [6.07, 6.45) is 7.14. The van der Waals surface area contributed by atoms with E-state index < -0.39 is 6.10 Å². The van der Waals surface area contributed by atoms with Crippen molar-refractivity contribution < 1.29 is 9.84 Å². The summed E-state index contributed by atoms with van der Waals surface area (Å²) in [5.74, 6) is 0.372. The fourth-order valence-electron chi connectivity index (χ4n) is 2.90. The van der Waals surface area contributed by atoms with Crippen molar-refractivity contribution in [2.24, 2.45) is 5.92 Å². The number of hydrogen-bond acceptors (Lipinski definition) is 2. The molecule has 3 atom stereocenters. The first kappa shape index (κ1) is 12.8. The zero-order valence-electron chi connectivity index (χ0n) is 11.0. The van der Waals surface area contributed by atoms with Gasteiger partial charge in [-0.3, -0.25) is 0 Å². The molecule has 0 aromatic heterocycles. The third-order valence-corrected chi connectivity index (χ3v) is 4.12. The van der Waals surface area contributed by atoms with Crippen molar-refractivity contribution in [2.45, 2.75) is 57.7 Å². The molecule has 2 rings (SSSR count). The molecule has 0 amide bonds. The molecular formula is C15H24O2. The minimum Gasteiger partial charge on any atom is -0.388 e. The Bertz CT molecular complexity index is 322. The first-order chi connectivity index (χ1) is 8.05. The zero-order valence-corrected chi connectivity index (χ0v) is 11.0. The highest BCUT2D eigenvalue weighted by Gasteiger charge is 2.53. The molecule has 1 saturated carbocycles. The molecule has 2 heteroatoms. The van der Waals surface area contributed by atoms with Gasteiger partial charge >= 0.3 is 0 Å². The highest BCUT2D eigenvalue weighted by atomic mass is 16.6. The van der Waals surface area contributed by atoms with Crippen LogP contribution in [-0.4, -0.2) is 23.4 Å². The molecule has 0 bridgehead atoms. The van der Waals surface area contributed by atoms with Gasteiger partial charge in [0.2, 0.25) is 0 Å². The van der Waals surface area contributed by atoms with Gasteiger partial charge in [0.15, 0.2) is 0 Å². The van der Waals surface area contributed by atoms with Gasteiger partial charge in [0, 0.05) is 5.92 Å². The zero-order chi connectivity index (χ0) is 12.5. The van der Waals surface area contributed by atoms with Crippen LogP contribution >= 0.6 is 0 Å². The molecule has 2 unspecified atom stereocenters. The lowest BCUT2D eigenvalue weighted by Gasteiger charge is -2.32. The van der Waals surface area contributed by atoms with Crippen LogP contribution in [0.1, 0.15) is 46.0 Å². The van der Waals surface area contributed by atoms with Gasteiger partial charge in [-0.25, -0.2) is 0 Å². The molecule has 0 aromatic rings. The van der Waals surface area contributed by atoms with Gasteiger partial charge in [-0.15, -0.1) is 0 Å². The number of hydrogen-bond donors (Lipinski definition) is 1. The molecular weight excluding hydrogens is 212 g/mol. The normalized spacial score (nSPS) is 33.2. The quantitative estimate of drug-likeness (QED) is 0.600. The smallest absolute Gasteiger partial charge is 0.0982 e. The van der Waals surface area contributed by atoms with Crippen LogP contribution in [0.15, 0.2) is 23.8 Å². The molecule has 2 nitrogen and oxygen atoms in total. The van der Waals surface area contributed by atoms with Crippen LogP contribution in [0.3, 0.4) is 0 Å². The molecule has 1 aliphatic heterocycles. The van der Waals surface area contributed by atoms with Crippen LogP contribution in [-0.2, 0) is 4.74 Å². The van der Waals surface area contributed by atoms with Gasteiger partial charge < -0.3 is 9.84 Å². The van der Waals surface area contributed by atoms with Crippen LogP contribution in [0, 0.1) is 5.92 Å². The Morgan fingerprint density at radius 2 is 2.24 bits per heavy atom. The van der Waals surface area contributed by atoms with E-state index in [0.29, 0.717) is 12.3 Å². The summed E-state index contributed by atoms with van der Waals surface area (Å²) in [6, 6.07) is 0. The van der Waals surface area contributed by atoms with Gasteiger partial charge in [0.1, 0.15) is 0 Å². The van der Waals surface area contributed by atoms with Crippen molar-refractivity contribution in [3.8, 4) is 0 Å². The van der Waals surface area contributed by atoms with Gasteiger partial charge in [-0.2, -0.15) is 0 Å². The minimum absolute atomic E-state index is 0.0568. The first-order valence-corrected chi connectivity index (χ1v) is 6.69. The van der Waals surface area contributed by atoms with Crippen molar-refractivity contribution in [1.82, 2.24) is 0 Å². The summed E-state index contributed by atoms with van der Waals surface area (Å²) in [6.45, 7) is 9.11. The van der Waals surface area contributed by atoms with Crippen molar-refractivity contribution in [2.75, 3.05) is 6.61 Å². The predicted molar refractivity (Wildman–Crippen MR) is 69.8 cm³/mol. The lowest BCUT2D eigenvalue weighted by atomic mass is 9.74. The second-order valence-corrected chi connectivity index (χ2v) is 5.76. The van der Waals surface area contributed by atoms with E-state index in [0.717, 1.165) is 25.0 Å². The highest BCUT2D eigenvalue weighted by Crippen LogP contribution is 2.49. The summed E-state index contributed by atoms with van der Waals surface area (Å²) >= 11 is 0. The highest BCUT2D eigenvalue weighted by molar-refractivity contribution is 5.19. The fraction of sp³-hybridized carbons (Fsp3) is 0.733. The van der Waals surface area contributed by atoms with E-state index in [1.54, 1.807) is 0 Å². The summed E-state index contributed by atoms with van der Waals surface area (Å²) in [5, 5.41) is 10.2. The Morgan fingerprint density at radius 3 is 2.82 bits per heavy atom. The standard InChI is InChI=1S/C15H24O2/c1-11(2)7-8-14(16)12(3)13-6-4-5-9-15(13)10-17-15/h7,13-14,16H,3-6,8-10H2,1-2H3/t13?,14?,15-/m0/s1. The second kappa shape index (κ2) is 4.95. The fourth-order valence-corrected chi connectivity index (χ4v) is 2.90. The van der Waals surface area contributed by atoms with Crippen molar-refractivity contribution in [1.29, 1.82) is 0 Å². The van der Waals surface area contributed by atoms with E-state index >= 15 is 0 Å². The summed E-state index contributed by atoms with van der Waals surface area (Å²) < 4.78 is 5.66. The molecule has 0 radical (unpaired) electrons. The average molecular weight is 236 g/mol. The Kier molecular flexibility index (Phi) is 3.74. The Labute approximate surface area is 104 Å². The molecule has 2 fully saturated rings. The number of ether oxygens (including phenoxy) is 1. The molecule has 96 valence electrons. The van der Waals surface area contributed by atoms with Crippen LogP contribution < -0.4 is 0 Å². The molecule has 0 aromatic carbocycles. The maximum absolute atomic E-state index is 10.2. The van der Waals surface area contributed by atoms with E-state index in [9.17, 15) is 5.11 Å². The van der Waals surface area contributed by atoms with Gasteiger partial charge in [-0.05, 0) is 38.7 Å². The lowest BCUT2D eigenvalue weighted by Crippen LogP contribution is -2.33. The summed E-state index contributed by atoms with van der Waals surface area (Å²) in [4.78, 5) is 0. The van der Waals surface area contributed by atoms with Crippen LogP contribution in [0.2, 0.25) is 0 Å². The third-order valence-electron chi connectivity index (χ3n) is 4.12. The van der Waals surface area contributed by atoms with Gasteiger partial charge in [0.25, 0.3) is 0 Å². The first-order valence-electron chi connectivity index (χ1n) is 6.69. The number of aliphatic hydroxyl groups excluding tert-OH is 1. The van der Waals surface area contributed by atoms with Crippen LogP contribution in [0.5, 0.6) is 0 Å². The molecule has 1 spiro atoms. The van der Waals surface area contributed by atoms with E-state index in [1.165, 1.54) is 18.4 Å². The van der Waals surface area contributed by atoms with E-state index in [4.69, 9.17) is 4.74 Å². The van der Waals surface area contributed by atoms with Crippen LogP contribution in [0.4, 0.5) is 0 Å². The monoisotopic (exact) mass is 236 g/mol. The number of epoxide rings is 1. The number of aliphatic hydroxyl groups is 1. The summed E-state index contributed by atoms with van der Waals surface area (Å²) in [7, 11) is 0. The van der Waals surface area contributed by atoms with E-state index in [1.807, 2.05) is 0 Å². The van der Waals surface area contributed by atoms with Crippen LogP contribution in [0.25, 0.3) is 0 Å². The topological polar surface area (TPSA) is 32.8 Å². The maximum atomic E-state index is 10.2. The Hall–Kier alpha value is -0.600. The second-order valence-electron chi connectivity index (χ2n) is 5.76. The number of rotatable bonds is 4. The average Bonchev–Trinajstić information content (AvgIpc) is 3.06. The van der Waals surface area contributed by atoms with Crippen molar-refractivity contribution in [3.05, 3.63) is 23.8 Å². The molecule has 1 N–H and O–H groups in total. The van der Waals surface area contributed by atoms with Crippen molar-refractivity contribution in [3.63, 3.8) is 0 Å². The molecule has 2 aliphatic rings. The SMILES string of the molecule is C=C(C(O)CC=C(C)C)C1CCCC[C@]12CO2. The van der Waals surface area contributed by atoms with Gasteiger partial charge in [-0.1, -0.05) is 31.1 Å². The largest absolute Gasteiger partial charge is 0.388 e. The molecule has 17 heavy (non-hydrogen) atoms. The maximum Gasteiger partial charge on any atom is 0.0982 e. The van der Waals surface area contributed by atoms with E-state index in [-0.39, 0.29) is 5.60 Å². The minimum atomic E-state index is -0.408. The summed E-state index contributed by atoms with van der Waals surface area (Å²) in [5.41, 5.74) is 2.29. The number of allylic oxidation sites excluding steroid dienone is 1. The van der Waals surface area contributed by atoms with Gasteiger partial charge in [0.05, 0.1) is 18.3 Å². The molecule has 1 aliphatic carbocycles. The van der Waals surface area contributed by atoms with E-state index in [2.05, 4.69) is 26.5 Å². The predicted octanol–water partition coefficient (Wildman–Crippen LogP) is 3.22. The lowest BCUT2D eigenvalue weighted by molar-refractivity contribution is 0.139. The molecule has 1 heterocycles.